The minimum absolute atomic E-state index is 0.121. The van der Waals surface area contributed by atoms with E-state index in [9.17, 15) is 9.18 Å². The Balaban J connectivity index is 1.80. The molecule has 2 rings (SSSR count). The van der Waals surface area contributed by atoms with E-state index in [1.807, 2.05) is 0 Å². The molecule has 1 aromatic carbocycles. The van der Waals surface area contributed by atoms with Gasteiger partial charge in [0.1, 0.15) is 5.82 Å². The molecule has 3 nitrogen and oxygen atoms in total. The first kappa shape index (κ1) is 11.1. The van der Waals surface area contributed by atoms with Crippen LogP contribution in [0.5, 0.6) is 0 Å². The normalized spacial score (nSPS) is 16.9. The van der Waals surface area contributed by atoms with Crippen molar-refractivity contribution in [2.45, 2.75) is 24.8 Å². The highest BCUT2D eigenvalue weighted by atomic mass is 19.1. The van der Waals surface area contributed by atoms with E-state index in [1.54, 1.807) is 18.2 Å². The van der Waals surface area contributed by atoms with E-state index in [1.165, 1.54) is 6.07 Å². The zero-order valence-corrected chi connectivity index (χ0v) is 9.00. The van der Waals surface area contributed by atoms with E-state index in [4.69, 9.17) is 5.73 Å². The van der Waals surface area contributed by atoms with Gasteiger partial charge >= 0.3 is 0 Å². The van der Waals surface area contributed by atoms with Crippen LogP contribution in [0.1, 0.15) is 18.4 Å². The summed E-state index contributed by atoms with van der Waals surface area (Å²) in [6.07, 6.45) is 1.99. The number of hydrogen-bond donors (Lipinski definition) is 2. The molecule has 16 heavy (non-hydrogen) atoms. The summed E-state index contributed by atoms with van der Waals surface area (Å²) < 4.78 is 13.2. The Morgan fingerprint density at radius 2 is 2.12 bits per heavy atom. The van der Waals surface area contributed by atoms with Gasteiger partial charge in [-0.05, 0) is 30.9 Å². The number of carbonyl (C=O) groups excluding carboxylic acids is 1. The monoisotopic (exact) mass is 222 g/mol. The molecule has 1 fully saturated rings. The number of benzene rings is 1. The van der Waals surface area contributed by atoms with Crippen LogP contribution in [0.2, 0.25) is 0 Å². The minimum Gasteiger partial charge on any atom is -0.354 e. The molecule has 0 aliphatic heterocycles. The predicted molar refractivity (Wildman–Crippen MR) is 59.3 cm³/mol. The van der Waals surface area contributed by atoms with Gasteiger partial charge in [0, 0.05) is 6.54 Å². The van der Waals surface area contributed by atoms with Crippen molar-refractivity contribution in [1.29, 1.82) is 0 Å². The molecule has 0 spiro atoms. The molecule has 0 unspecified atom stereocenters. The van der Waals surface area contributed by atoms with Crippen LogP contribution in [0.4, 0.5) is 4.39 Å². The average molecular weight is 222 g/mol. The first-order valence-corrected chi connectivity index (χ1v) is 5.42. The van der Waals surface area contributed by atoms with Gasteiger partial charge < -0.3 is 11.1 Å². The summed E-state index contributed by atoms with van der Waals surface area (Å²) in [6.45, 7) is 0.429. The van der Waals surface area contributed by atoms with Gasteiger partial charge in [-0.25, -0.2) is 4.39 Å². The van der Waals surface area contributed by atoms with Gasteiger partial charge in [0.25, 0.3) is 0 Å². The molecule has 4 heteroatoms. The second kappa shape index (κ2) is 4.22. The molecule has 0 heterocycles. The van der Waals surface area contributed by atoms with Crippen LogP contribution in [0.3, 0.4) is 0 Å². The van der Waals surface area contributed by atoms with E-state index in [0.29, 0.717) is 18.5 Å². The van der Waals surface area contributed by atoms with E-state index < -0.39 is 5.54 Å². The molecular weight excluding hydrogens is 207 g/mol. The molecule has 86 valence electrons. The predicted octanol–water partition coefficient (Wildman–Crippen LogP) is 0.976. The highest BCUT2D eigenvalue weighted by molar-refractivity contribution is 5.88. The molecule has 0 aromatic heterocycles. The van der Waals surface area contributed by atoms with E-state index in [2.05, 4.69) is 5.32 Å². The average Bonchev–Trinajstić information content (AvgIpc) is 3.01. The highest BCUT2D eigenvalue weighted by Crippen LogP contribution is 2.31. The van der Waals surface area contributed by atoms with E-state index in [0.717, 1.165) is 12.8 Å². The summed E-state index contributed by atoms with van der Waals surface area (Å²) in [5.74, 6) is -0.352. The zero-order valence-electron chi connectivity index (χ0n) is 9.00. The van der Waals surface area contributed by atoms with Crippen molar-refractivity contribution in [3.8, 4) is 0 Å². The van der Waals surface area contributed by atoms with Gasteiger partial charge in [-0.2, -0.15) is 0 Å². The largest absolute Gasteiger partial charge is 0.354 e. The summed E-state index contributed by atoms with van der Waals surface area (Å²) in [7, 11) is 0. The summed E-state index contributed by atoms with van der Waals surface area (Å²) in [4.78, 5) is 11.5. The topological polar surface area (TPSA) is 55.1 Å². The summed E-state index contributed by atoms with van der Waals surface area (Å²) in [5.41, 5.74) is 5.69. The van der Waals surface area contributed by atoms with E-state index >= 15 is 0 Å². The Bertz CT molecular complexity index is 402. The smallest absolute Gasteiger partial charge is 0.240 e. The molecule has 1 aromatic rings. The number of halogens is 1. The van der Waals surface area contributed by atoms with Crippen LogP contribution in [-0.2, 0) is 11.2 Å². The number of carbonyl (C=O) groups is 1. The number of nitrogens with two attached hydrogens (primary N) is 1. The fourth-order valence-corrected chi connectivity index (χ4v) is 1.55. The standard InChI is InChI=1S/C12H15FN2O/c13-10-4-2-1-3-9(10)5-8-15-11(16)12(14)6-7-12/h1-4H,5-8,14H2,(H,15,16). The Labute approximate surface area is 93.8 Å². The van der Waals surface area contributed by atoms with Crippen molar-refractivity contribution in [3.05, 3.63) is 35.6 Å². The van der Waals surface area contributed by atoms with Crippen molar-refractivity contribution in [2.24, 2.45) is 5.73 Å². The maximum absolute atomic E-state index is 13.2. The van der Waals surface area contributed by atoms with Gasteiger partial charge in [-0.1, -0.05) is 18.2 Å². The fourth-order valence-electron chi connectivity index (χ4n) is 1.55. The van der Waals surface area contributed by atoms with Gasteiger partial charge in [0.05, 0.1) is 5.54 Å². The number of rotatable bonds is 4. The first-order valence-electron chi connectivity index (χ1n) is 5.42. The third-order valence-electron chi connectivity index (χ3n) is 2.88. The van der Waals surface area contributed by atoms with E-state index in [-0.39, 0.29) is 11.7 Å². The lowest BCUT2D eigenvalue weighted by molar-refractivity contribution is -0.123. The second-order valence-corrected chi connectivity index (χ2v) is 4.25. The highest BCUT2D eigenvalue weighted by Gasteiger charge is 2.45. The SMILES string of the molecule is NC1(C(=O)NCCc2ccccc2F)CC1. The van der Waals surface area contributed by atoms with Crippen LogP contribution >= 0.6 is 0 Å². The van der Waals surface area contributed by atoms with Crippen LogP contribution in [0.15, 0.2) is 24.3 Å². The number of amides is 1. The second-order valence-electron chi connectivity index (χ2n) is 4.25. The Kier molecular flexibility index (Phi) is 2.92. The minimum atomic E-state index is -0.644. The first-order chi connectivity index (χ1) is 7.62. The van der Waals surface area contributed by atoms with Crippen LogP contribution < -0.4 is 11.1 Å². The van der Waals surface area contributed by atoms with Crippen molar-refractivity contribution >= 4 is 5.91 Å². The molecule has 3 N–H and O–H groups in total. The Morgan fingerprint density at radius 3 is 2.75 bits per heavy atom. The molecular formula is C12H15FN2O. The Morgan fingerprint density at radius 1 is 1.44 bits per heavy atom. The van der Waals surface area contributed by atoms with Gasteiger partial charge in [0.15, 0.2) is 0 Å². The van der Waals surface area contributed by atoms with Gasteiger partial charge in [-0.3, -0.25) is 4.79 Å². The molecule has 1 aliphatic rings. The Hall–Kier alpha value is -1.42. The van der Waals surface area contributed by atoms with Crippen LogP contribution in [0, 0.1) is 5.82 Å². The van der Waals surface area contributed by atoms with Crippen molar-refractivity contribution in [1.82, 2.24) is 5.32 Å². The lowest BCUT2D eigenvalue weighted by Crippen LogP contribution is -2.43. The third-order valence-corrected chi connectivity index (χ3v) is 2.88. The zero-order chi connectivity index (χ0) is 11.6. The summed E-state index contributed by atoms with van der Waals surface area (Å²) in [5, 5.41) is 2.73. The molecule has 0 bridgehead atoms. The van der Waals surface area contributed by atoms with Crippen LogP contribution in [-0.4, -0.2) is 18.0 Å². The van der Waals surface area contributed by atoms with Crippen molar-refractivity contribution in [3.63, 3.8) is 0 Å². The molecule has 0 atom stereocenters. The van der Waals surface area contributed by atoms with Crippen molar-refractivity contribution in [2.75, 3.05) is 6.54 Å². The molecule has 1 saturated carbocycles. The maximum atomic E-state index is 13.2. The maximum Gasteiger partial charge on any atom is 0.240 e. The lowest BCUT2D eigenvalue weighted by Gasteiger charge is -2.10. The fraction of sp³-hybridized carbons (Fsp3) is 0.417. The van der Waals surface area contributed by atoms with Crippen molar-refractivity contribution < 1.29 is 9.18 Å². The van der Waals surface area contributed by atoms with Gasteiger partial charge in [0.2, 0.25) is 5.91 Å². The number of nitrogens with one attached hydrogen (secondary N) is 1. The molecule has 0 saturated heterocycles. The lowest BCUT2D eigenvalue weighted by atomic mass is 10.1. The van der Waals surface area contributed by atoms with Crippen LogP contribution in [0.25, 0.3) is 0 Å². The quantitative estimate of drug-likeness (QED) is 0.797. The summed E-state index contributed by atoms with van der Waals surface area (Å²) in [6, 6.07) is 6.57. The molecule has 1 aliphatic carbocycles. The molecule has 1 amide bonds. The number of hydrogen-bond acceptors (Lipinski definition) is 2. The molecule has 0 radical (unpaired) electrons. The third kappa shape index (κ3) is 2.39. The summed E-state index contributed by atoms with van der Waals surface area (Å²) >= 11 is 0. The van der Waals surface area contributed by atoms with Gasteiger partial charge in [-0.15, -0.1) is 0 Å².